The van der Waals surface area contributed by atoms with E-state index in [0.717, 1.165) is 35.2 Å². The van der Waals surface area contributed by atoms with E-state index in [0.29, 0.717) is 0 Å². The van der Waals surface area contributed by atoms with Crippen molar-refractivity contribution in [3.8, 4) is 0 Å². The predicted octanol–water partition coefficient (Wildman–Crippen LogP) is 4.87. The molecule has 4 rings (SSSR count). The lowest BCUT2D eigenvalue weighted by Crippen LogP contribution is -1.98. The van der Waals surface area contributed by atoms with Crippen LogP contribution < -0.4 is 0 Å². The Bertz CT molecular complexity index is 959. The fraction of sp³-hybridized carbons (Fsp3) is 0.316. The van der Waals surface area contributed by atoms with Crippen LogP contribution in [0.2, 0.25) is 0 Å². The van der Waals surface area contributed by atoms with Gasteiger partial charge in [-0.15, -0.1) is 0 Å². The number of pyridine rings is 1. The van der Waals surface area contributed by atoms with E-state index in [9.17, 15) is 0 Å². The zero-order valence-corrected chi connectivity index (χ0v) is 13.2. The number of imidazole rings is 1. The van der Waals surface area contributed by atoms with Crippen molar-refractivity contribution in [2.45, 2.75) is 39.5 Å². The monoisotopic (exact) mass is 291 g/mol. The Labute approximate surface area is 130 Å². The maximum Gasteiger partial charge on any atom is 0.143 e. The van der Waals surface area contributed by atoms with Crippen LogP contribution in [0, 0.1) is 0 Å². The summed E-state index contributed by atoms with van der Waals surface area (Å²) >= 11 is 0. The first-order chi connectivity index (χ1) is 10.8. The predicted molar refractivity (Wildman–Crippen MR) is 92.5 cm³/mol. The fourth-order valence-corrected chi connectivity index (χ4v) is 3.40. The number of rotatable bonds is 4. The summed E-state index contributed by atoms with van der Waals surface area (Å²) in [7, 11) is 0. The molecular formula is C19H21N3. The van der Waals surface area contributed by atoms with Crippen molar-refractivity contribution in [1.82, 2.24) is 14.4 Å². The number of H-pyrrole nitrogens is 1. The van der Waals surface area contributed by atoms with Crippen LogP contribution in [0.25, 0.3) is 27.7 Å². The molecule has 3 aromatic heterocycles. The summed E-state index contributed by atoms with van der Waals surface area (Å²) in [5, 5.41) is 1.20. The highest BCUT2D eigenvalue weighted by Crippen LogP contribution is 2.27. The summed E-state index contributed by atoms with van der Waals surface area (Å²) in [6.45, 7) is 4.48. The Balaban J connectivity index is 2.03. The summed E-state index contributed by atoms with van der Waals surface area (Å²) < 4.78 is 2.22. The highest BCUT2D eigenvalue weighted by atomic mass is 15.1. The number of hydrogen-bond acceptors (Lipinski definition) is 1. The van der Waals surface area contributed by atoms with Gasteiger partial charge in [-0.2, -0.15) is 0 Å². The minimum absolute atomic E-state index is 1.05. The molecule has 3 heterocycles. The second-order valence-corrected chi connectivity index (χ2v) is 6.03. The van der Waals surface area contributed by atoms with E-state index in [-0.39, 0.29) is 0 Å². The number of nitrogens with one attached hydrogen (secondary N) is 1. The molecule has 0 atom stereocenters. The maximum absolute atomic E-state index is 4.88. The molecule has 0 bridgehead atoms. The third-order valence-electron chi connectivity index (χ3n) is 4.41. The molecule has 0 radical (unpaired) electrons. The summed E-state index contributed by atoms with van der Waals surface area (Å²) in [6, 6.07) is 10.7. The topological polar surface area (TPSA) is 33.1 Å². The molecule has 0 aliphatic carbocycles. The molecule has 0 saturated carbocycles. The molecule has 1 N–H and O–H groups in total. The van der Waals surface area contributed by atoms with Crippen LogP contribution in [0.5, 0.6) is 0 Å². The lowest BCUT2D eigenvalue weighted by atomic mass is 10.0. The second kappa shape index (κ2) is 5.16. The van der Waals surface area contributed by atoms with Gasteiger partial charge in [0.05, 0.1) is 0 Å². The van der Waals surface area contributed by atoms with Gasteiger partial charge in [0.15, 0.2) is 0 Å². The second-order valence-electron chi connectivity index (χ2n) is 6.03. The van der Waals surface area contributed by atoms with Crippen molar-refractivity contribution in [2.24, 2.45) is 0 Å². The molecule has 0 saturated heterocycles. The van der Waals surface area contributed by atoms with Gasteiger partial charge in [0, 0.05) is 17.1 Å². The van der Waals surface area contributed by atoms with Gasteiger partial charge in [-0.3, -0.25) is 4.40 Å². The zero-order chi connectivity index (χ0) is 15.1. The van der Waals surface area contributed by atoms with Gasteiger partial charge in [0.2, 0.25) is 0 Å². The van der Waals surface area contributed by atoms with Gasteiger partial charge in [-0.25, -0.2) is 4.98 Å². The van der Waals surface area contributed by atoms with Crippen molar-refractivity contribution in [2.75, 3.05) is 0 Å². The number of aromatic amines is 1. The molecule has 3 heteroatoms. The molecule has 4 aromatic rings. The van der Waals surface area contributed by atoms with E-state index >= 15 is 0 Å². The van der Waals surface area contributed by atoms with Gasteiger partial charge in [0.25, 0.3) is 0 Å². The quantitative estimate of drug-likeness (QED) is 0.571. The lowest BCUT2D eigenvalue weighted by molar-refractivity contribution is 0.851. The number of fused-ring (bicyclic) bond motifs is 5. The molecule has 0 aliphatic heterocycles. The molecule has 22 heavy (non-hydrogen) atoms. The number of aromatic nitrogens is 3. The van der Waals surface area contributed by atoms with Gasteiger partial charge in [0.1, 0.15) is 16.8 Å². The maximum atomic E-state index is 4.88. The lowest BCUT2D eigenvalue weighted by Gasteiger charge is -2.09. The summed E-state index contributed by atoms with van der Waals surface area (Å²) in [6.07, 6.45) is 6.90. The summed E-state index contributed by atoms with van der Waals surface area (Å²) in [5.41, 5.74) is 7.30. The smallest absolute Gasteiger partial charge is 0.143 e. The van der Waals surface area contributed by atoms with Gasteiger partial charge < -0.3 is 4.98 Å². The Hall–Kier alpha value is -2.29. The highest BCUT2D eigenvalue weighted by Gasteiger charge is 2.13. The van der Waals surface area contributed by atoms with E-state index in [1.165, 1.54) is 29.4 Å². The first kappa shape index (κ1) is 13.4. The summed E-state index contributed by atoms with van der Waals surface area (Å²) in [5.74, 6) is 0. The number of nitrogens with zero attached hydrogens (tertiary/aromatic N) is 2. The number of aryl methyl sites for hydroxylation is 2. The van der Waals surface area contributed by atoms with Crippen molar-refractivity contribution in [3.05, 3.63) is 47.7 Å². The number of benzene rings is 1. The normalized spacial score (nSPS) is 11.9. The van der Waals surface area contributed by atoms with E-state index in [4.69, 9.17) is 4.98 Å². The van der Waals surface area contributed by atoms with Crippen LogP contribution in [-0.2, 0) is 12.8 Å². The fourth-order valence-electron chi connectivity index (χ4n) is 3.40. The molecule has 3 nitrogen and oxygen atoms in total. The molecule has 0 spiro atoms. The first-order valence-corrected chi connectivity index (χ1v) is 8.22. The molecule has 0 aliphatic rings. The van der Waals surface area contributed by atoms with Crippen LogP contribution in [0.15, 0.2) is 36.5 Å². The largest absolute Gasteiger partial charge is 0.339 e. The Kier molecular flexibility index (Phi) is 3.14. The minimum atomic E-state index is 1.05. The molecular weight excluding hydrogens is 270 g/mol. The average Bonchev–Trinajstić information content (AvgIpc) is 3.04. The third-order valence-corrected chi connectivity index (χ3v) is 4.41. The molecule has 1 aromatic carbocycles. The highest BCUT2D eigenvalue weighted by molar-refractivity contribution is 6.05. The Morgan fingerprint density at radius 1 is 1.05 bits per heavy atom. The van der Waals surface area contributed by atoms with E-state index in [2.05, 4.69) is 59.8 Å². The molecule has 0 amide bonds. The SMILES string of the molecule is CCCc1cc2nc3c4ccccc4[nH]c3n2cc1CCC. The first-order valence-electron chi connectivity index (χ1n) is 8.22. The zero-order valence-electron chi connectivity index (χ0n) is 13.2. The van der Waals surface area contributed by atoms with Crippen LogP contribution >= 0.6 is 0 Å². The standard InChI is InChI=1S/C19H21N3/c1-3-7-13-11-17-21-18-15-9-5-6-10-16(15)20-19(18)22(17)12-14(13)8-4-2/h5-6,9-12,20H,3-4,7-8H2,1-2H3. The van der Waals surface area contributed by atoms with E-state index < -0.39 is 0 Å². The van der Waals surface area contributed by atoms with Crippen LogP contribution in [-0.4, -0.2) is 14.4 Å². The Morgan fingerprint density at radius 2 is 1.82 bits per heavy atom. The van der Waals surface area contributed by atoms with Crippen molar-refractivity contribution in [3.63, 3.8) is 0 Å². The third kappa shape index (κ3) is 1.92. The number of hydrogen-bond donors (Lipinski definition) is 1. The van der Waals surface area contributed by atoms with Crippen molar-refractivity contribution in [1.29, 1.82) is 0 Å². The molecule has 112 valence electrons. The van der Waals surface area contributed by atoms with Crippen molar-refractivity contribution < 1.29 is 0 Å². The van der Waals surface area contributed by atoms with Crippen LogP contribution in [0.3, 0.4) is 0 Å². The van der Waals surface area contributed by atoms with Crippen LogP contribution in [0.4, 0.5) is 0 Å². The van der Waals surface area contributed by atoms with Crippen molar-refractivity contribution >= 4 is 27.7 Å². The van der Waals surface area contributed by atoms with Gasteiger partial charge in [-0.1, -0.05) is 44.9 Å². The molecule has 0 fully saturated rings. The number of para-hydroxylation sites is 1. The van der Waals surface area contributed by atoms with E-state index in [1.54, 1.807) is 0 Å². The minimum Gasteiger partial charge on any atom is -0.339 e. The Morgan fingerprint density at radius 3 is 2.64 bits per heavy atom. The molecule has 0 unspecified atom stereocenters. The van der Waals surface area contributed by atoms with E-state index in [1.807, 2.05) is 0 Å². The average molecular weight is 291 g/mol. The van der Waals surface area contributed by atoms with Gasteiger partial charge >= 0.3 is 0 Å². The summed E-state index contributed by atoms with van der Waals surface area (Å²) in [4.78, 5) is 8.40. The van der Waals surface area contributed by atoms with Crippen LogP contribution in [0.1, 0.15) is 37.8 Å². The van der Waals surface area contributed by atoms with Gasteiger partial charge in [-0.05, 0) is 36.1 Å².